The molecule has 0 spiro atoms. The fraction of sp³-hybridized carbons (Fsp3) is 0.444. The van der Waals surface area contributed by atoms with Gasteiger partial charge >= 0.3 is 12.2 Å². The van der Waals surface area contributed by atoms with Crippen LogP contribution in [0.15, 0.2) is 42.5 Å². The van der Waals surface area contributed by atoms with E-state index in [0.29, 0.717) is 22.4 Å². The highest BCUT2D eigenvalue weighted by Crippen LogP contribution is 2.33. The molecule has 1 fully saturated rings. The highest BCUT2D eigenvalue weighted by atomic mass is 19.1. The normalized spacial score (nSPS) is 17.1. The molecule has 1 aliphatic rings. The standard InChI is InChI=1S/C27H34FN3O6/c1-17(33)29-14-21-15-31(25(35)36-21)20-11-12-22(23(28)13-20)18-7-9-19(10-8-18)27(5,16-32)30(6)24(34)37-26(2,3)4/h7-13,21,32H,14-16H2,1-6H3,(H,29,33)/t21-,27?/m0/s1. The second kappa shape index (κ2) is 10.8. The molecule has 1 unspecified atom stereocenters. The largest absolute Gasteiger partial charge is 0.444 e. The van der Waals surface area contributed by atoms with Gasteiger partial charge in [0.05, 0.1) is 30.9 Å². The van der Waals surface area contributed by atoms with Crippen LogP contribution in [0.3, 0.4) is 0 Å². The van der Waals surface area contributed by atoms with Crippen molar-refractivity contribution in [3.63, 3.8) is 0 Å². The molecule has 1 aliphatic heterocycles. The summed E-state index contributed by atoms with van der Waals surface area (Å²) in [6.07, 6.45) is -1.70. The molecule has 0 radical (unpaired) electrons. The first-order valence-electron chi connectivity index (χ1n) is 12.0. The molecule has 2 aromatic rings. The lowest BCUT2D eigenvalue weighted by molar-refractivity contribution is -0.119. The number of aliphatic hydroxyl groups is 1. The number of halogens is 1. The van der Waals surface area contributed by atoms with E-state index in [1.165, 1.54) is 22.8 Å². The van der Waals surface area contributed by atoms with Crippen LogP contribution in [-0.2, 0) is 19.8 Å². The van der Waals surface area contributed by atoms with Gasteiger partial charge in [-0.05, 0) is 57.0 Å². The average molecular weight is 516 g/mol. The van der Waals surface area contributed by atoms with E-state index in [4.69, 9.17) is 9.47 Å². The highest BCUT2D eigenvalue weighted by Gasteiger charge is 2.37. The summed E-state index contributed by atoms with van der Waals surface area (Å²) >= 11 is 0. The van der Waals surface area contributed by atoms with Crippen LogP contribution in [-0.4, -0.2) is 66.5 Å². The number of benzene rings is 2. The summed E-state index contributed by atoms with van der Waals surface area (Å²) in [7, 11) is 1.56. The van der Waals surface area contributed by atoms with E-state index < -0.39 is 35.2 Å². The molecule has 0 aromatic heterocycles. The first kappa shape index (κ1) is 27.9. The number of carbonyl (C=O) groups is 3. The van der Waals surface area contributed by atoms with Gasteiger partial charge in [-0.15, -0.1) is 0 Å². The minimum atomic E-state index is -1.06. The van der Waals surface area contributed by atoms with Gasteiger partial charge in [0.2, 0.25) is 5.91 Å². The van der Waals surface area contributed by atoms with Gasteiger partial charge in [-0.2, -0.15) is 0 Å². The van der Waals surface area contributed by atoms with Gasteiger partial charge in [-0.25, -0.2) is 14.0 Å². The second-order valence-electron chi connectivity index (χ2n) is 10.3. The summed E-state index contributed by atoms with van der Waals surface area (Å²) in [5, 5.41) is 12.8. The molecule has 1 saturated heterocycles. The van der Waals surface area contributed by atoms with Crippen LogP contribution in [0.2, 0.25) is 0 Å². The van der Waals surface area contributed by atoms with Gasteiger partial charge in [0.25, 0.3) is 0 Å². The maximum atomic E-state index is 15.1. The third kappa shape index (κ3) is 6.37. The zero-order chi connectivity index (χ0) is 27.5. The maximum absolute atomic E-state index is 15.1. The Balaban J connectivity index is 1.78. The Morgan fingerprint density at radius 3 is 2.38 bits per heavy atom. The van der Waals surface area contributed by atoms with Crippen LogP contribution in [0.4, 0.5) is 19.7 Å². The SMILES string of the molecule is CC(=O)NC[C@H]1CN(c2ccc(-c3ccc(C(C)(CO)N(C)C(=O)OC(C)(C)C)cc3)c(F)c2)C(=O)O1. The van der Waals surface area contributed by atoms with Gasteiger partial charge in [-0.3, -0.25) is 14.6 Å². The Morgan fingerprint density at radius 2 is 1.84 bits per heavy atom. The van der Waals surface area contributed by atoms with E-state index in [-0.39, 0.29) is 25.6 Å². The number of cyclic esters (lactones) is 1. The number of hydrogen-bond donors (Lipinski definition) is 2. The summed E-state index contributed by atoms with van der Waals surface area (Å²) in [5.41, 5.74) is 0.152. The van der Waals surface area contributed by atoms with Crippen molar-refractivity contribution in [1.29, 1.82) is 0 Å². The monoisotopic (exact) mass is 515 g/mol. The number of rotatable bonds is 7. The van der Waals surface area contributed by atoms with Gasteiger partial charge in [0.15, 0.2) is 0 Å². The fourth-order valence-corrected chi connectivity index (χ4v) is 3.93. The second-order valence-corrected chi connectivity index (χ2v) is 10.3. The molecule has 9 nitrogen and oxygen atoms in total. The lowest BCUT2D eigenvalue weighted by atomic mass is 9.90. The summed E-state index contributed by atoms with van der Waals surface area (Å²) in [6.45, 7) is 8.41. The molecule has 0 aliphatic carbocycles. The number of hydrogen-bond acceptors (Lipinski definition) is 6. The van der Waals surface area contributed by atoms with E-state index in [0.717, 1.165) is 0 Å². The Labute approximate surface area is 216 Å². The van der Waals surface area contributed by atoms with Crippen molar-refractivity contribution in [3.05, 3.63) is 53.8 Å². The molecule has 0 bridgehead atoms. The van der Waals surface area contributed by atoms with E-state index in [1.807, 2.05) is 0 Å². The summed E-state index contributed by atoms with van der Waals surface area (Å²) in [6, 6.07) is 11.3. The Hall–Kier alpha value is -3.66. The number of aliphatic hydroxyl groups excluding tert-OH is 1. The summed E-state index contributed by atoms with van der Waals surface area (Å²) in [5.74, 6) is -0.758. The Bertz CT molecular complexity index is 1160. The molecular weight excluding hydrogens is 481 g/mol. The lowest BCUT2D eigenvalue weighted by Crippen LogP contribution is -2.49. The molecular formula is C27H34FN3O6. The quantitative estimate of drug-likeness (QED) is 0.577. The number of amides is 3. The Morgan fingerprint density at radius 1 is 1.19 bits per heavy atom. The first-order valence-corrected chi connectivity index (χ1v) is 12.0. The zero-order valence-corrected chi connectivity index (χ0v) is 22.0. The molecule has 200 valence electrons. The number of nitrogens with one attached hydrogen (secondary N) is 1. The molecule has 10 heteroatoms. The molecule has 3 rings (SSSR count). The molecule has 2 N–H and O–H groups in total. The number of likely N-dealkylation sites (N-methyl/N-ethyl adjacent to an activating group) is 1. The number of anilines is 1. The zero-order valence-electron chi connectivity index (χ0n) is 22.0. The number of nitrogens with zero attached hydrogens (tertiary/aromatic N) is 2. The number of carbonyl (C=O) groups excluding carboxylic acids is 3. The fourth-order valence-electron chi connectivity index (χ4n) is 3.93. The average Bonchev–Trinajstić information content (AvgIpc) is 3.21. The maximum Gasteiger partial charge on any atom is 0.414 e. The van der Waals surface area contributed by atoms with E-state index in [9.17, 15) is 19.5 Å². The van der Waals surface area contributed by atoms with Crippen LogP contribution < -0.4 is 10.2 Å². The molecule has 37 heavy (non-hydrogen) atoms. The van der Waals surface area contributed by atoms with Crippen LogP contribution in [0, 0.1) is 5.82 Å². The number of ether oxygens (including phenoxy) is 2. The first-order chi connectivity index (χ1) is 17.2. The summed E-state index contributed by atoms with van der Waals surface area (Å²) in [4.78, 5) is 38.6. The smallest absolute Gasteiger partial charge is 0.414 e. The van der Waals surface area contributed by atoms with Crippen molar-refractivity contribution in [3.8, 4) is 11.1 Å². The predicted molar refractivity (Wildman–Crippen MR) is 137 cm³/mol. The van der Waals surface area contributed by atoms with Crippen molar-refractivity contribution < 1.29 is 33.4 Å². The molecule has 1 heterocycles. The Kier molecular flexibility index (Phi) is 8.12. The minimum absolute atomic E-state index is 0.181. The van der Waals surface area contributed by atoms with Crippen LogP contribution in [0.25, 0.3) is 11.1 Å². The third-order valence-corrected chi connectivity index (χ3v) is 6.25. The van der Waals surface area contributed by atoms with Gasteiger partial charge in [0.1, 0.15) is 17.5 Å². The van der Waals surface area contributed by atoms with Crippen molar-refractivity contribution in [1.82, 2.24) is 10.2 Å². The molecule has 0 saturated carbocycles. The minimum Gasteiger partial charge on any atom is -0.444 e. The molecule has 2 atom stereocenters. The van der Waals surface area contributed by atoms with E-state index in [1.54, 1.807) is 71.1 Å². The van der Waals surface area contributed by atoms with Crippen molar-refractivity contribution in [2.24, 2.45) is 0 Å². The predicted octanol–water partition coefficient (Wildman–Crippen LogP) is 4.03. The van der Waals surface area contributed by atoms with Crippen LogP contribution in [0.1, 0.15) is 40.2 Å². The van der Waals surface area contributed by atoms with E-state index in [2.05, 4.69) is 5.32 Å². The van der Waals surface area contributed by atoms with Gasteiger partial charge in [-0.1, -0.05) is 24.3 Å². The third-order valence-electron chi connectivity index (χ3n) is 6.25. The highest BCUT2D eigenvalue weighted by molar-refractivity contribution is 5.90. The summed E-state index contributed by atoms with van der Waals surface area (Å²) < 4.78 is 25.8. The van der Waals surface area contributed by atoms with Crippen molar-refractivity contribution in [2.45, 2.75) is 51.9 Å². The van der Waals surface area contributed by atoms with Crippen molar-refractivity contribution in [2.75, 3.05) is 31.6 Å². The molecule has 2 aromatic carbocycles. The van der Waals surface area contributed by atoms with Crippen LogP contribution in [0.5, 0.6) is 0 Å². The molecule has 3 amide bonds. The van der Waals surface area contributed by atoms with E-state index >= 15 is 4.39 Å². The topological polar surface area (TPSA) is 108 Å². The lowest BCUT2D eigenvalue weighted by Gasteiger charge is -2.38. The van der Waals surface area contributed by atoms with Gasteiger partial charge < -0.3 is 19.9 Å². The van der Waals surface area contributed by atoms with Crippen molar-refractivity contribution >= 4 is 23.8 Å². The van der Waals surface area contributed by atoms with Gasteiger partial charge in [0, 0.05) is 19.5 Å². The van der Waals surface area contributed by atoms with Crippen LogP contribution >= 0.6 is 0 Å².